The molecule has 0 aromatic heterocycles. The van der Waals surface area contributed by atoms with Gasteiger partial charge in [-0.1, -0.05) is 33.1 Å². The zero-order valence-corrected chi connectivity index (χ0v) is 8.42. The molecule has 0 spiro atoms. The number of hydrogen-bond donors (Lipinski definition) is 1. The van der Waals surface area contributed by atoms with E-state index in [0.29, 0.717) is 12.5 Å². The third-order valence-corrected chi connectivity index (χ3v) is 3.56. The quantitative estimate of drug-likeness (QED) is 0.690. The minimum Gasteiger partial charge on any atom is -0.396 e. The highest BCUT2D eigenvalue weighted by molar-refractivity contribution is 4.74. The van der Waals surface area contributed by atoms with E-state index in [0.717, 1.165) is 11.8 Å². The maximum absolute atomic E-state index is 9.01. The Morgan fingerprint density at radius 3 is 2.25 bits per heavy atom. The maximum atomic E-state index is 9.01. The van der Waals surface area contributed by atoms with Crippen LogP contribution in [-0.4, -0.2) is 11.7 Å². The first-order valence-corrected chi connectivity index (χ1v) is 5.38. The van der Waals surface area contributed by atoms with Gasteiger partial charge in [0, 0.05) is 6.61 Å². The van der Waals surface area contributed by atoms with Gasteiger partial charge in [0.25, 0.3) is 0 Å². The van der Waals surface area contributed by atoms with Gasteiger partial charge in [-0.25, -0.2) is 0 Å². The van der Waals surface area contributed by atoms with E-state index in [1.807, 2.05) is 0 Å². The summed E-state index contributed by atoms with van der Waals surface area (Å²) < 4.78 is 0. The van der Waals surface area contributed by atoms with Crippen molar-refractivity contribution in [2.24, 2.45) is 17.8 Å². The van der Waals surface area contributed by atoms with Gasteiger partial charge in [0.1, 0.15) is 0 Å². The standard InChI is InChI=1S/C11H22O/c1-3-10-4-6-11(7-5-10)9(2)8-12/h9-12H,3-8H2,1-2H3. The molecule has 0 radical (unpaired) electrons. The molecule has 0 amide bonds. The molecule has 1 aliphatic carbocycles. The minimum absolute atomic E-state index is 0.376. The van der Waals surface area contributed by atoms with Gasteiger partial charge in [-0.2, -0.15) is 0 Å². The second-order valence-corrected chi connectivity index (χ2v) is 4.35. The van der Waals surface area contributed by atoms with E-state index in [1.54, 1.807) is 0 Å². The first kappa shape index (κ1) is 10.0. The molecule has 1 atom stereocenters. The third kappa shape index (κ3) is 2.48. The first-order valence-electron chi connectivity index (χ1n) is 5.38. The van der Waals surface area contributed by atoms with E-state index < -0.39 is 0 Å². The van der Waals surface area contributed by atoms with Crippen molar-refractivity contribution in [3.8, 4) is 0 Å². The van der Waals surface area contributed by atoms with Crippen LogP contribution in [0.2, 0.25) is 0 Å². The molecule has 0 saturated heterocycles. The normalized spacial score (nSPS) is 33.2. The van der Waals surface area contributed by atoms with Gasteiger partial charge in [-0.15, -0.1) is 0 Å². The van der Waals surface area contributed by atoms with E-state index in [4.69, 9.17) is 5.11 Å². The van der Waals surface area contributed by atoms with Gasteiger partial charge in [0.05, 0.1) is 0 Å². The van der Waals surface area contributed by atoms with Crippen molar-refractivity contribution < 1.29 is 5.11 Å². The fraction of sp³-hybridized carbons (Fsp3) is 1.00. The molecule has 0 aromatic carbocycles. The predicted octanol–water partition coefficient (Wildman–Crippen LogP) is 2.83. The average molecular weight is 170 g/mol. The van der Waals surface area contributed by atoms with Gasteiger partial charge in [0.2, 0.25) is 0 Å². The summed E-state index contributed by atoms with van der Waals surface area (Å²) in [6, 6.07) is 0. The Labute approximate surface area is 76.2 Å². The van der Waals surface area contributed by atoms with E-state index in [2.05, 4.69) is 13.8 Å². The molecule has 1 rings (SSSR count). The van der Waals surface area contributed by atoms with Crippen molar-refractivity contribution in [2.45, 2.75) is 46.0 Å². The summed E-state index contributed by atoms with van der Waals surface area (Å²) in [7, 11) is 0. The summed E-state index contributed by atoms with van der Waals surface area (Å²) in [5, 5.41) is 9.01. The molecule has 0 aromatic rings. The van der Waals surface area contributed by atoms with Crippen LogP contribution < -0.4 is 0 Å². The molecular formula is C11H22O. The highest BCUT2D eigenvalue weighted by atomic mass is 16.3. The molecule has 0 bridgehead atoms. The largest absolute Gasteiger partial charge is 0.396 e. The van der Waals surface area contributed by atoms with Crippen molar-refractivity contribution >= 4 is 0 Å². The Morgan fingerprint density at radius 1 is 1.25 bits per heavy atom. The van der Waals surface area contributed by atoms with Crippen molar-refractivity contribution in [1.29, 1.82) is 0 Å². The summed E-state index contributed by atoms with van der Waals surface area (Å²) in [6.07, 6.45) is 6.83. The lowest BCUT2D eigenvalue weighted by Crippen LogP contribution is -2.21. The molecular weight excluding hydrogens is 148 g/mol. The number of rotatable bonds is 3. The molecule has 0 heterocycles. The Kier molecular flexibility index (Phi) is 4.07. The third-order valence-electron chi connectivity index (χ3n) is 3.56. The Hall–Kier alpha value is -0.0400. The topological polar surface area (TPSA) is 20.2 Å². The fourth-order valence-electron chi connectivity index (χ4n) is 2.31. The Balaban J connectivity index is 2.25. The zero-order valence-electron chi connectivity index (χ0n) is 8.42. The molecule has 1 heteroatoms. The van der Waals surface area contributed by atoms with Gasteiger partial charge in [-0.05, 0) is 30.6 Å². The molecule has 1 N–H and O–H groups in total. The number of hydrogen-bond acceptors (Lipinski definition) is 1. The predicted molar refractivity (Wildman–Crippen MR) is 52.0 cm³/mol. The van der Waals surface area contributed by atoms with Crippen molar-refractivity contribution in [3.63, 3.8) is 0 Å². The second kappa shape index (κ2) is 4.86. The minimum atomic E-state index is 0.376. The average Bonchev–Trinajstić information content (AvgIpc) is 2.17. The van der Waals surface area contributed by atoms with E-state index in [-0.39, 0.29) is 0 Å². The SMILES string of the molecule is CCC1CCC(C(C)CO)CC1. The molecule has 0 aliphatic heterocycles. The molecule has 72 valence electrons. The first-order chi connectivity index (χ1) is 5.77. The van der Waals surface area contributed by atoms with Crippen molar-refractivity contribution in [2.75, 3.05) is 6.61 Å². The Morgan fingerprint density at radius 2 is 1.83 bits per heavy atom. The molecule has 1 saturated carbocycles. The lowest BCUT2D eigenvalue weighted by molar-refractivity contribution is 0.142. The monoisotopic (exact) mass is 170 g/mol. The lowest BCUT2D eigenvalue weighted by Gasteiger charge is -2.30. The van der Waals surface area contributed by atoms with Crippen LogP contribution in [0.5, 0.6) is 0 Å². The summed E-state index contributed by atoms with van der Waals surface area (Å²) in [4.78, 5) is 0. The molecule has 1 aliphatic rings. The lowest BCUT2D eigenvalue weighted by atomic mass is 9.76. The van der Waals surface area contributed by atoms with Gasteiger partial charge < -0.3 is 5.11 Å². The van der Waals surface area contributed by atoms with E-state index >= 15 is 0 Å². The van der Waals surface area contributed by atoms with Crippen LogP contribution in [0.15, 0.2) is 0 Å². The van der Waals surface area contributed by atoms with Crippen LogP contribution in [-0.2, 0) is 0 Å². The van der Waals surface area contributed by atoms with Crippen LogP contribution in [0.3, 0.4) is 0 Å². The van der Waals surface area contributed by atoms with Crippen LogP contribution in [0.25, 0.3) is 0 Å². The van der Waals surface area contributed by atoms with Crippen LogP contribution in [0, 0.1) is 17.8 Å². The summed E-state index contributed by atoms with van der Waals surface area (Å²) >= 11 is 0. The van der Waals surface area contributed by atoms with Crippen molar-refractivity contribution in [3.05, 3.63) is 0 Å². The van der Waals surface area contributed by atoms with E-state index in [9.17, 15) is 0 Å². The summed E-state index contributed by atoms with van der Waals surface area (Å²) in [6.45, 7) is 4.85. The zero-order chi connectivity index (χ0) is 8.97. The highest BCUT2D eigenvalue weighted by Gasteiger charge is 2.23. The fourth-order valence-corrected chi connectivity index (χ4v) is 2.31. The summed E-state index contributed by atoms with van der Waals surface area (Å²) in [5.74, 6) is 2.31. The van der Waals surface area contributed by atoms with Crippen molar-refractivity contribution in [1.82, 2.24) is 0 Å². The highest BCUT2D eigenvalue weighted by Crippen LogP contribution is 2.34. The van der Waals surface area contributed by atoms with Gasteiger partial charge in [0.15, 0.2) is 0 Å². The van der Waals surface area contributed by atoms with Gasteiger partial charge >= 0.3 is 0 Å². The molecule has 1 unspecified atom stereocenters. The number of aliphatic hydroxyl groups is 1. The number of aliphatic hydroxyl groups excluding tert-OH is 1. The van der Waals surface area contributed by atoms with Crippen LogP contribution >= 0.6 is 0 Å². The molecule has 1 fully saturated rings. The second-order valence-electron chi connectivity index (χ2n) is 4.35. The van der Waals surface area contributed by atoms with Gasteiger partial charge in [-0.3, -0.25) is 0 Å². The molecule has 12 heavy (non-hydrogen) atoms. The Bertz CT molecular complexity index is 114. The molecule has 1 nitrogen and oxygen atoms in total. The van der Waals surface area contributed by atoms with E-state index in [1.165, 1.54) is 32.1 Å². The van der Waals surface area contributed by atoms with Crippen LogP contribution in [0.4, 0.5) is 0 Å². The smallest absolute Gasteiger partial charge is 0.0459 e. The van der Waals surface area contributed by atoms with Crippen LogP contribution in [0.1, 0.15) is 46.0 Å². The summed E-state index contributed by atoms with van der Waals surface area (Å²) in [5.41, 5.74) is 0. The maximum Gasteiger partial charge on any atom is 0.0459 e.